The van der Waals surface area contributed by atoms with Crippen LogP contribution in [0, 0.1) is 0 Å². The fourth-order valence-electron chi connectivity index (χ4n) is 2.64. The first-order chi connectivity index (χ1) is 10.1. The number of carbonyl (C=O) groups excluding carboxylic acids is 1. The normalized spacial score (nSPS) is 17.0. The summed E-state index contributed by atoms with van der Waals surface area (Å²) in [7, 11) is 0. The fourth-order valence-corrected chi connectivity index (χ4v) is 3.23. The Morgan fingerprint density at radius 2 is 1.67 bits per heavy atom. The van der Waals surface area contributed by atoms with Gasteiger partial charge in [0.15, 0.2) is 0 Å². The minimum Gasteiger partial charge on any atom is -0.369 e. The molecule has 6 heteroatoms. The van der Waals surface area contributed by atoms with Crippen LogP contribution in [-0.4, -0.2) is 55.0 Å². The van der Waals surface area contributed by atoms with Crippen molar-refractivity contribution in [3.8, 4) is 0 Å². The van der Waals surface area contributed by atoms with Crippen molar-refractivity contribution in [2.75, 3.05) is 39.3 Å². The average Bonchev–Trinajstić information content (AvgIpc) is 2.43. The molecular weight excluding hydrogens is 309 g/mol. The number of rotatable bonds is 6. The molecular formula is C15H21Cl2N3O. The minimum absolute atomic E-state index is 0.253. The largest absolute Gasteiger partial charge is 0.369 e. The molecule has 1 aliphatic rings. The van der Waals surface area contributed by atoms with E-state index in [4.69, 9.17) is 28.9 Å². The lowest BCUT2D eigenvalue weighted by atomic mass is 10.1. The number of piperazine rings is 1. The number of primary amides is 1. The van der Waals surface area contributed by atoms with Crippen LogP contribution in [0.3, 0.4) is 0 Å². The summed E-state index contributed by atoms with van der Waals surface area (Å²) in [6, 6.07) is 5.63. The van der Waals surface area contributed by atoms with Crippen molar-refractivity contribution in [3.63, 3.8) is 0 Å². The third-order valence-electron chi connectivity index (χ3n) is 3.81. The van der Waals surface area contributed by atoms with E-state index in [0.29, 0.717) is 6.54 Å². The van der Waals surface area contributed by atoms with Gasteiger partial charge in [-0.1, -0.05) is 29.3 Å². The number of hydrogen-bond donors (Lipinski definition) is 1. The molecule has 0 bridgehead atoms. The molecule has 0 saturated carbocycles. The number of nitrogens with zero attached hydrogens (tertiary/aromatic N) is 2. The van der Waals surface area contributed by atoms with Gasteiger partial charge < -0.3 is 10.6 Å². The molecule has 1 saturated heterocycles. The molecule has 2 rings (SSSR count). The van der Waals surface area contributed by atoms with Crippen LogP contribution >= 0.6 is 23.2 Å². The van der Waals surface area contributed by atoms with Gasteiger partial charge in [-0.2, -0.15) is 0 Å². The zero-order valence-corrected chi connectivity index (χ0v) is 13.5. The van der Waals surface area contributed by atoms with E-state index in [-0.39, 0.29) is 5.91 Å². The topological polar surface area (TPSA) is 49.6 Å². The van der Waals surface area contributed by atoms with Gasteiger partial charge in [0.05, 0.1) is 6.54 Å². The van der Waals surface area contributed by atoms with Crippen LogP contribution in [0.4, 0.5) is 0 Å². The summed E-state index contributed by atoms with van der Waals surface area (Å²) in [5.74, 6) is -0.253. The Hall–Kier alpha value is -0.810. The van der Waals surface area contributed by atoms with Gasteiger partial charge >= 0.3 is 0 Å². The lowest BCUT2D eigenvalue weighted by molar-refractivity contribution is -0.119. The number of amides is 1. The molecule has 2 N–H and O–H groups in total. The second-order valence-corrected chi connectivity index (χ2v) is 6.20. The molecule has 0 atom stereocenters. The summed E-state index contributed by atoms with van der Waals surface area (Å²) >= 11 is 12.3. The van der Waals surface area contributed by atoms with Crippen LogP contribution in [0.2, 0.25) is 10.0 Å². The Kier molecular flexibility index (Phi) is 6.30. The maximum absolute atomic E-state index is 10.9. The van der Waals surface area contributed by atoms with Crippen molar-refractivity contribution in [2.45, 2.75) is 12.8 Å². The van der Waals surface area contributed by atoms with Crippen LogP contribution in [0.25, 0.3) is 0 Å². The van der Waals surface area contributed by atoms with Crippen LogP contribution in [0.5, 0.6) is 0 Å². The summed E-state index contributed by atoms with van der Waals surface area (Å²) in [6.45, 7) is 5.13. The van der Waals surface area contributed by atoms with Gasteiger partial charge in [0.2, 0.25) is 5.91 Å². The summed E-state index contributed by atoms with van der Waals surface area (Å²) < 4.78 is 0. The van der Waals surface area contributed by atoms with E-state index < -0.39 is 0 Å². The van der Waals surface area contributed by atoms with Crippen LogP contribution in [0.1, 0.15) is 12.0 Å². The number of benzene rings is 1. The van der Waals surface area contributed by atoms with E-state index >= 15 is 0 Å². The quantitative estimate of drug-likeness (QED) is 0.868. The number of nitrogens with two attached hydrogens (primary N) is 1. The molecule has 1 aliphatic heterocycles. The molecule has 1 fully saturated rings. The molecule has 1 heterocycles. The van der Waals surface area contributed by atoms with E-state index in [1.54, 1.807) is 0 Å². The van der Waals surface area contributed by atoms with E-state index in [1.165, 1.54) is 0 Å². The third kappa shape index (κ3) is 5.15. The highest BCUT2D eigenvalue weighted by atomic mass is 35.5. The van der Waals surface area contributed by atoms with Crippen LogP contribution in [0.15, 0.2) is 18.2 Å². The van der Waals surface area contributed by atoms with Gasteiger partial charge in [0, 0.05) is 36.2 Å². The molecule has 1 amide bonds. The summed E-state index contributed by atoms with van der Waals surface area (Å²) in [6.07, 6.45) is 1.92. The minimum atomic E-state index is -0.253. The first-order valence-corrected chi connectivity index (χ1v) is 7.98. The lowest BCUT2D eigenvalue weighted by Gasteiger charge is -2.34. The van der Waals surface area contributed by atoms with Crippen molar-refractivity contribution in [1.82, 2.24) is 9.80 Å². The monoisotopic (exact) mass is 329 g/mol. The zero-order chi connectivity index (χ0) is 15.2. The molecule has 116 valence electrons. The first kappa shape index (κ1) is 16.6. The van der Waals surface area contributed by atoms with Gasteiger partial charge in [-0.15, -0.1) is 0 Å². The van der Waals surface area contributed by atoms with Crippen LogP contribution in [-0.2, 0) is 11.2 Å². The smallest absolute Gasteiger partial charge is 0.231 e. The van der Waals surface area contributed by atoms with Crippen molar-refractivity contribution in [3.05, 3.63) is 33.8 Å². The van der Waals surface area contributed by atoms with Crippen molar-refractivity contribution in [2.24, 2.45) is 5.73 Å². The molecule has 0 radical (unpaired) electrons. The molecule has 0 unspecified atom stereocenters. The predicted molar refractivity (Wildman–Crippen MR) is 86.9 cm³/mol. The van der Waals surface area contributed by atoms with Crippen molar-refractivity contribution < 1.29 is 4.79 Å². The lowest BCUT2D eigenvalue weighted by Crippen LogP contribution is -2.48. The number of carbonyl (C=O) groups is 1. The van der Waals surface area contributed by atoms with Gasteiger partial charge in [-0.25, -0.2) is 0 Å². The highest BCUT2D eigenvalue weighted by molar-refractivity contribution is 6.35. The average molecular weight is 330 g/mol. The summed E-state index contributed by atoms with van der Waals surface area (Å²) in [5.41, 5.74) is 6.25. The Labute approximate surface area is 135 Å². The molecule has 0 aliphatic carbocycles. The highest BCUT2D eigenvalue weighted by Gasteiger charge is 2.17. The molecule has 1 aromatic rings. The second kappa shape index (κ2) is 7.99. The molecule has 0 spiro atoms. The molecule has 0 aromatic heterocycles. The van der Waals surface area contributed by atoms with E-state index in [9.17, 15) is 4.79 Å². The zero-order valence-electron chi connectivity index (χ0n) is 12.0. The van der Waals surface area contributed by atoms with E-state index in [1.807, 2.05) is 18.2 Å². The highest BCUT2D eigenvalue weighted by Crippen LogP contribution is 2.25. The summed E-state index contributed by atoms with van der Waals surface area (Å²) in [5, 5.41) is 1.49. The van der Waals surface area contributed by atoms with Gasteiger partial charge in [-0.3, -0.25) is 9.69 Å². The van der Waals surface area contributed by atoms with Crippen molar-refractivity contribution in [1.29, 1.82) is 0 Å². The van der Waals surface area contributed by atoms with E-state index in [0.717, 1.165) is 61.2 Å². The standard InChI is InChI=1S/C15H21Cl2N3O/c16-13-4-1-5-14(17)12(13)3-2-6-19-7-9-20(10-8-19)11-15(18)21/h1,4-5H,2-3,6-11H2,(H2,18,21). The summed E-state index contributed by atoms with van der Waals surface area (Å²) in [4.78, 5) is 15.4. The van der Waals surface area contributed by atoms with Gasteiger partial charge in [0.1, 0.15) is 0 Å². The first-order valence-electron chi connectivity index (χ1n) is 7.22. The van der Waals surface area contributed by atoms with Crippen molar-refractivity contribution >= 4 is 29.1 Å². The Morgan fingerprint density at radius 3 is 2.24 bits per heavy atom. The molecule has 21 heavy (non-hydrogen) atoms. The number of hydrogen-bond acceptors (Lipinski definition) is 3. The Morgan fingerprint density at radius 1 is 1.10 bits per heavy atom. The number of halogens is 2. The maximum atomic E-state index is 10.9. The Bertz CT molecular complexity index is 468. The van der Waals surface area contributed by atoms with Gasteiger partial charge in [-0.05, 0) is 37.1 Å². The molecule has 4 nitrogen and oxygen atoms in total. The fraction of sp³-hybridized carbons (Fsp3) is 0.533. The van der Waals surface area contributed by atoms with Crippen LogP contribution < -0.4 is 5.73 Å². The predicted octanol–water partition coefficient (Wildman–Crippen LogP) is 2.03. The second-order valence-electron chi connectivity index (χ2n) is 5.39. The third-order valence-corrected chi connectivity index (χ3v) is 4.52. The molecule has 1 aromatic carbocycles. The van der Waals surface area contributed by atoms with E-state index in [2.05, 4.69) is 9.80 Å². The van der Waals surface area contributed by atoms with Gasteiger partial charge in [0.25, 0.3) is 0 Å². The SMILES string of the molecule is NC(=O)CN1CCN(CCCc2c(Cl)cccc2Cl)CC1. The maximum Gasteiger partial charge on any atom is 0.231 e. The Balaban J connectivity index is 1.72.